The smallest absolute Gasteiger partial charge is 0.400 e. The van der Waals surface area contributed by atoms with E-state index in [1.165, 1.54) is 16.8 Å². The van der Waals surface area contributed by atoms with E-state index >= 15 is 0 Å². The van der Waals surface area contributed by atoms with Crippen molar-refractivity contribution in [3.05, 3.63) is 22.7 Å². The molecule has 2 unspecified atom stereocenters. The number of ether oxygens (including phenoxy) is 1. The Kier molecular flexibility index (Phi) is 10.6. The molecule has 2 heterocycles. The van der Waals surface area contributed by atoms with Crippen LogP contribution in [0.4, 0.5) is 5.82 Å². The minimum Gasteiger partial charge on any atom is -0.400 e. The predicted octanol–water partition coefficient (Wildman–Crippen LogP) is -0.952. The van der Waals surface area contributed by atoms with Crippen LogP contribution >= 0.6 is 7.82 Å². The number of phosphoric ester groups is 1. The van der Waals surface area contributed by atoms with Crippen molar-refractivity contribution in [3.63, 3.8) is 0 Å². The Morgan fingerprint density at radius 2 is 2.00 bits per heavy atom. The number of rotatable bonds is 5. The third-order valence-corrected chi connectivity index (χ3v) is 3.25. The fraction of sp³-hybridized carbons (Fsp3) is 0.636. The maximum Gasteiger partial charge on any atom is 0.469 e. The third-order valence-electron chi connectivity index (χ3n) is 2.77. The van der Waals surface area contributed by atoms with Crippen LogP contribution in [0.25, 0.3) is 0 Å². The normalized spacial score (nSPS) is 19.6. The summed E-state index contributed by atoms with van der Waals surface area (Å²) in [6.07, 6.45) is 1.31. The van der Waals surface area contributed by atoms with Crippen molar-refractivity contribution in [1.29, 1.82) is 0 Å². The minimum absolute atomic E-state index is 0.0191. The zero-order valence-corrected chi connectivity index (χ0v) is 14.0. The molecule has 140 valence electrons. The maximum absolute atomic E-state index is 11.7. The van der Waals surface area contributed by atoms with Crippen LogP contribution < -0.4 is 11.2 Å². The summed E-state index contributed by atoms with van der Waals surface area (Å²) in [7, 11) is -2.53. The first-order valence-electron chi connectivity index (χ1n) is 6.63. The molecular weight excluding hydrogens is 349 g/mol. The molecule has 0 radical (unpaired) electrons. The molecule has 6 N–H and O–H groups in total. The quantitative estimate of drug-likeness (QED) is 0.277. The highest BCUT2D eigenvalue weighted by Crippen LogP contribution is 2.37. The topological polar surface area (TPSA) is 184 Å². The predicted molar refractivity (Wildman–Crippen MR) is 81.3 cm³/mol. The van der Waals surface area contributed by atoms with Crippen LogP contribution in [0.5, 0.6) is 0 Å². The van der Waals surface area contributed by atoms with Crippen LogP contribution in [0.2, 0.25) is 0 Å². The highest BCUT2D eigenvalue weighted by Gasteiger charge is 2.29. The molecule has 1 fully saturated rings. The van der Waals surface area contributed by atoms with Gasteiger partial charge in [0, 0.05) is 20.4 Å². The van der Waals surface area contributed by atoms with Gasteiger partial charge in [-0.15, -0.1) is 0 Å². The van der Waals surface area contributed by atoms with E-state index in [0.717, 1.165) is 14.2 Å². The Morgan fingerprint density at radius 3 is 2.50 bits per heavy atom. The first kappa shape index (κ1) is 22.6. The van der Waals surface area contributed by atoms with Gasteiger partial charge >= 0.3 is 13.5 Å². The highest BCUT2D eigenvalue weighted by molar-refractivity contribution is 7.46. The van der Waals surface area contributed by atoms with E-state index in [2.05, 4.69) is 9.51 Å². The molecule has 2 atom stereocenters. The largest absolute Gasteiger partial charge is 0.469 e. The van der Waals surface area contributed by atoms with E-state index in [-0.39, 0.29) is 12.4 Å². The Balaban J connectivity index is 0.00000123. The van der Waals surface area contributed by atoms with Crippen molar-refractivity contribution >= 4 is 13.6 Å². The average molecular weight is 371 g/mol. The standard InChI is InChI=1S/C9H14N3O7P.2CH4O/c13-9-10-7(11-14)3-4-12(9)8-2-1-6(19-8)5-18-20(15,16)17;2*1-2/h3-4,6,8,14H,1-2,5H2,(H,10,11,13)(H2,15,16,17);2*2H,1H3. The number of aliphatic hydroxyl groups excluding tert-OH is 2. The SMILES string of the molecule is CO.CO.O=c1nc(NO)ccn1C1CCC(COP(=O)(O)O)O1. The molecule has 0 aliphatic carbocycles. The molecule has 0 spiro atoms. The van der Waals surface area contributed by atoms with Gasteiger partial charge in [-0.25, -0.2) is 9.36 Å². The number of anilines is 1. The summed E-state index contributed by atoms with van der Waals surface area (Å²) in [5, 5.41) is 22.6. The molecule has 0 aromatic carbocycles. The van der Waals surface area contributed by atoms with Gasteiger partial charge in [0.15, 0.2) is 5.82 Å². The molecule has 0 amide bonds. The number of hydrogen-bond acceptors (Lipinski definition) is 9. The van der Waals surface area contributed by atoms with E-state index in [1.807, 2.05) is 0 Å². The van der Waals surface area contributed by atoms with Crippen LogP contribution in [0, 0.1) is 0 Å². The van der Waals surface area contributed by atoms with Crippen molar-refractivity contribution in [2.45, 2.75) is 25.2 Å². The van der Waals surface area contributed by atoms with Gasteiger partial charge in [-0.05, 0) is 18.9 Å². The van der Waals surface area contributed by atoms with Gasteiger partial charge in [-0.3, -0.25) is 19.8 Å². The van der Waals surface area contributed by atoms with Gasteiger partial charge in [-0.2, -0.15) is 4.98 Å². The molecule has 1 aliphatic heterocycles. The monoisotopic (exact) mass is 371 g/mol. The van der Waals surface area contributed by atoms with Crippen molar-refractivity contribution < 1.29 is 39.0 Å². The van der Waals surface area contributed by atoms with Crippen LogP contribution in [0.3, 0.4) is 0 Å². The Labute approximate surface area is 137 Å². The molecular formula is C11H22N3O9P. The maximum atomic E-state index is 11.7. The summed E-state index contributed by atoms with van der Waals surface area (Å²) < 4.78 is 21.6. The number of nitrogens with zero attached hydrogens (tertiary/aromatic N) is 2. The molecule has 13 heteroatoms. The van der Waals surface area contributed by atoms with Crippen LogP contribution in [0.15, 0.2) is 17.1 Å². The van der Waals surface area contributed by atoms with Crippen LogP contribution in [0.1, 0.15) is 19.1 Å². The lowest BCUT2D eigenvalue weighted by Gasteiger charge is -2.16. The second-order valence-electron chi connectivity index (χ2n) is 4.19. The van der Waals surface area contributed by atoms with E-state index in [4.69, 9.17) is 29.9 Å². The summed E-state index contributed by atoms with van der Waals surface area (Å²) >= 11 is 0. The van der Waals surface area contributed by atoms with Gasteiger partial charge in [0.2, 0.25) is 0 Å². The second-order valence-corrected chi connectivity index (χ2v) is 5.43. The fourth-order valence-corrected chi connectivity index (χ4v) is 2.25. The van der Waals surface area contributed by atoms with E-state index in [9.17, 15) is 9.36 Å². The number of aliphatic hydroxyl groups is 2. The van der Waals surface area contributed by atoms with Crippen LogP contribution in [-0.2, 0) is 13.8 Å². The molecule has 24 heavy (non-hydrogen) atoms. The summed E-state index contributed by atoms with van der Waals surface area (Å²) in [6, 6.07) is 1.39. The van der Waals surface area contributed by atoms with Crippen LogP contribution in [-0.4, -0.2) is 61.7 Å². The fourth-order valence-electron chi connectivity index (χ4n) is 1.89. The lowest BCUT2D eigenvalue weighted by atomic mass is 10.2. The highest BCUT2D eigenvalue weighted by atomic mass is 31.2. The van der Waals surface area contributed by atoms with Gasteiger partial charge in [-0.1, -0.05) is 0 Å². The minimum atomic E-state index is -4.53. The van der Waals surface area contributed by atoms with E-state index < -0.39 is 25.8 Å². The molecule has 0 saturated carbocycles. The second kappa shape index (κ2) is 11.2. The number of nitrogens with one attached hydrogen (secondary N) is 1. The number of aromatic nitrogens is 2. The zero-order chi connectivity index (χ0) is 18.8. The van der Waals surface area contributed by atoms with Gasteiger partial charge < -0.3 is 24.7 Å². The molecule has 1 aromatic rings. The Hall–Kier alpha value is -1.37. The lowest BCUT2D eigenvalue weighted by molar-refractivity contribution is -0.0243. The summed E-state index contributed by atoms with van der Waals surface area (Å²) in [6.45, 7) is -0.251. The molecule has 12 nitrogen and oxygen atoms in total. The Bertz CT molecular complexity index is 576. The number of phosphoric acid groups is 1. The van der Waals surface area contributed by atoms with Crippen molar-refractivity contribution in [2.24, 2.45) is 0 Å². The summed E-state index contributed by atoms with van der Waals surface area (Å²) in [5.41, 5.74) is 1.15. The van der Waals surface area contributed by atoms with Crippen molar-refractivity contribution in [3.8, 4) is 0 Å². The molecule has 1 aliphatic rings. The van der Waals surface area contributed by atoms with Crippen molar-refractivity contribution in [1.82, 2.24) is 9.55 Å². The number of hydrogen-bond donors (Lipinski definition) is 6. The third kappa shape index (κ3) is 7.47. The first-order valence-corrected chi connectivity index (χ1v) is 8.16. The summed E-state index contributed by atoms with van der Waals surface area (Å²) in [5.74, 6) is 0.0191. The van der Waals surface area contributed by atoms with E-state index in [0.29, 0.717) is 12.8 Å². The zero-order valence-electron chi connectivity index (χ0n) is 13.1. The van der Waals surface area contributed by atoms with Crippen molar-refractivity contribution in [2.75, 3.05) is 26.3 Å². The first-order chi connectivity index (χ1) is 11.4. The summed E-state index contributed by atoms with van der Waals surface area (Å²) in [4.78, 5) is 32.4. The molecule has 1 saturated heterocycles. The van der Waals surface area contributed by atoms with E-state index in [1.54, 1.807) is 5.48 Å². The molecule has 2 rings (SSSR count). The van der Waals surface area contributed by atoms with Gasteiger partial charge in [0.25, 0.3) is 0 Å². The Morgan fingerprint density at radius 1 is 1.38 bits per heavy atom. The lowest BCUT2D eigenvalue weighted by Crippen LogP contribution is -2.27. The molecule has 0 bridgehead atoms. The molecule has 1 aromatic heterocycles. The van der Waals surface area contributed by atoms with Gasteiger partial charge in [0.1, 0.15) is 6.23 Å². The van der Waals surface area contributed by atoms with Gasteiger partial charge in [0.05, 0.1) is 12.7 Å². The average Bonchev–Trinajstić information content (AvgIpc) is 3.04.